The van der Waals surface area contributed by atoms with Gasteiger partial charge in [0.2, 0.25) is 0 Å². The van der Waals surface area contributed by atoms with Crippen molar-refractivity contribution in [1.82, 2.24) is 0 Å². The molecule has 0 saturated heterocycles. The number of rotatable bonds is 1. The lowest BCUT2D eigenvalue weighted by molar-refractivity contribution is 0.787. The van der Waals surface area contributed by atoms with Crippen molar-refractivity contribution in [2.75, 3.05) is 18.0 Å². The first-order chi connectivity index (χ1) is 7.70. The van der Waals surface area contributed by atoms with Gasteiger partial charge in [-0.15, -0.1) is 0 Å². The molecule has 0 aromatic heterocycles. The molecule has 0 amide bonds. The Morgan fingerprint density at radius 2 is 2.12 bits per heavy atom. The molecule has 0 bridgehead atoms. The minimum absolute atomic E-state index is 0.771. The minimum atomic E-state index is 0.771. The van der Waals surface area contributed by atoms with Gasteiger partial charge >= 0.3 is 0 Å². The molecule has 1 aliphatic heterocycles. The fourth-order valence-electron chi connectivity index (χ4n) is 1.98. The predicted molar refractivity (Wildman–Crippen MR) is 66.5 cm³/mol. The summed E-state index contributed by atoms with van der Waals surface area (Å²) >= 11 is 0. The van der Waals surface area contributed by atoms with E-state index in [1.807, 2.05) is 19.1 Å². The summed E-state index contributed by atoms with van der Waals surface area (Å²) in [6.45, 7) is 6.24. The molecule has 1 aromatic carbocycles. The van der Waals surface area contributed by atoms with Crippen molar-refractivity contribution in [3.05, 3.63) is 41.0 Å². The Bertz CT molecular complexity index is 466. The summed E-state index contributed by atoms with van der Waals surface area (Å²) in [5.41, 5.74) is 4.53. The fraction of sp³-hybridized carbons (Fsp3) is 0.357. The van der Waals surface area contributed by atoms with Gasteiger partial charge in [0.1, 0.15) is 0 Å². The molecule has 1 aliphatic rings. The van der Waals surface area contributed by atoms with Crippen LogP contribution in [0.2, 0.25) is 0 Å². The quantitative estimate of drug-likeness (QED) is 0.669. The first-order valence-corrected chi connectivity index (χ1v) is 5.62. The Morgan fingerprint density at radius 1 is 1.31 bits per heavy atom. The molecule has 0 radical (unpaired) electrons. The highest BCUT2D eigenvalue weighted by Gasteiger charge is 2.10. The van der Waals surface area contributed by atoms with Crippen molar-refractivity contribution in [3.63, 3.8) is 0 Å². The van der Waals surface area contributed by atoms with Crippen LogP contribution in [-0.2, 0) is 0 Å². The summed E-state index contributed by atoms with van der Waals surface area (Å²) < 4.78 is 0. The molecule has 0 atom stereocenters. The molecule has 0 unspecified atom stereocenters. The summed E-state index contributed by atoms with van der Waals surface area (Å²) in [5.74, 6) is 0. The minimum Gasteiger partial charge on any atom is -0.367 e. The van der Waals surface area contributed by atoms with Crippen LogP contribution >= 0.6 is 0 Å². The summed E-state index contributed by atoms with van der Waals surface area (Å²) in [6, 6.07) is 8.26. The lowest BCUT2D eigenvalue weighted by atomic mass is 10.1. The van der Waals surface area contributed by atoms with E-state index in [4.69, 9.17) is 5.26 Å². The standard InChI is InChI=1S/C14H16N2/c1-11-5-7-16(8-6-11)14-4-3-13(10-15)12(2)9-14/h3-5,9H,6-8H2,1-2H3. The maximum absolute atomic E-state index is 8.88. The van der Waals surface area contributed by atoms with Gasteiger partial charge in [0, 0.05) is 18.8 Å². The first-order valence-electron chi connectivity index (χ1n) is 5.62. The number of nitrogens with zero attached hydrogens (tertiary/aromatic N) is 2. The van der Waals surface area contributed by atoms with Crippen molar-refractivity contribution < 1.29 is 0 Å². The second-order valence-electron chi connectivity index (χ2n) is 4.36. The Balaban J connectivity index is 2.23. The van der Waals surface area contributed by atoms with Crippen LogP contribution in [0, 0.1) is 18.3 Å². The fourth-order valence-corrected chi connectivity index (χ4v) is 1.98. The zero-order valence-corrected chi connectivity index (χ0v) is 9.83. The smallest absolute Gasteiger partial charge is 0.0994 e. The monoisotopic (exact) mass is 212 g/mol. The van der Waals surface area contributed by atoms with Crippen LogP contribution < -0.4 is 4.90 Å². The van der Waals surface area contributed by atoms with Crippen LogP contribution in [0.1, 0.15) is 24.5 Å². The van der Waals surface area contributed by atoms with Crippen LogP contribution in [0.5, 0.6) is 0 Å². The van der Waals surface area contributed by atoms with Gasteiger partial charge in [-0.1, -0.05) is 11.6 Å². The van der Waals surface area contributed by atoms with E-state index >= 15 is 0 Å². The predicted octanol–water partition coefficient (Wildman–Crippen LogP) is 3.02. The molecule has 16 heavy (non-hydrogen) atoms. The molecule has 82 valence electrons. The highest BCUT2D eigenvalue weighted by atomic mass is 15.1. The van der Waals surface area contributed by atoms with E-state index in [0.29, 0.717) is 0 Å². The average molecular weight is 212 g/mol. The van der Waals surface area contributed by atoms with Gasteiger partial charge in [0.25, 0.3) is 0 Å². The van der Waals surface area contributed by atoms with E-state index in [0.717, 1.165) is 30.6 Å². The van der Waals surface area contributed by atoms with E-state index in [9.17, 15) is 0 Å². The summed E-state index contributed by atoms with van der Waals surface area (Å²) in [5, 5.41) is 8.88. The maximum Gasteiger partial charge on any atom is 0.0994 e. The van der Waals surface area contributed by atoms with Crippen LogP contribution in [0.25, 0.3) is 0 Å². The van der Waals surface area contributed by atoms with Crippen LogP contribution in [0.4, 0.5) is 5.69 Å². The normalized spacial score (nSPS) is 15.6. The lowest BCUT2D eigenvalue weighted by Gasteiger charge is -2.27. The molecule has 0 fully saturated rings. The SMILES string of the molecule is CC1=CCN(c2ccc(C#N)c(C)c2)CC1. The molecule has 1 heterocycles. The molecule has 2 nitrogen and oxygen atoms in total. The highest BCUT2D eigenvalue weighted by molar-refractivity contribution is 5.54. The largest absolute Gasteiger partial charge is 0.367 e. The van der Waals surface area contributed by atoms with Crippen LogP contribution in [-0.4, -0.2) is 13.1 Å². The summed E-state index contributed by atoms with van der Waals surface area (Å²) in [7, 11) is 0. The third-order valence-electron chi connectivity index (χ3n) is 3.13. The molecular formula is C14H16N2. The van der Waals surface area contributed by atoms with Gasteiger partial charge in [0.15, 0.2) is 0 Å². The van der Waals surface area contributed by atoms with Gasteiger partial charge in [-0.3, -0.25) is 0 Å². The number of anilines is 1. The zero-order valence-electron chi connectivity index (χ0n) is 9.83. The topological polar surface area (TPSA) is 27.0 Å². The van der Waals surface area contributed by atoms with Crippen molar-refractivity contribution >= 4 is 5.69 Å². The third kappa shape index (κ3) is 2.09. The van der Waals surface area contributed by atoms with E-state index in [1.54, 1.807) is 0 Å². The molecule has 2 rings (SSSR count). The molecule has 0 saturated carbocycles. The maximum atomic E-state index is 8.88. The molecule has 0 N–H and O–H groups in total. The van der Waals surface area contributed by atoms with E-state index < -0.39 is 0 Å². The first kappa shape index (κ1) is 10.8. The Labute approximate surface area is 96.8 Å². The molecule has 1 aromatic rings. The zero-order chi connectivity index (χ0) is 11.5. The molecular weight excluding hydrogens is 196 g/mol. The molecule has 0 aliphatic carbocycles. The van der Waals surface area contributed by atoms with E-state index in [1.165, 1.54) is 11.3 Å². The second-order valence-corrected chi connectivity index (χ2v) is 4.36. The van der Waals surface area contributed by atoms with Gasteiger partial charge in [-0.25, -0.2) is 0 Å². The summed E-state index contributed by atoms with van der Waals surface area (Å²) in [4.78, 5) is 2.35. The number of aryl methyl sites for hydroxylation is 1. The molecule has 0 spiro atoms. The number of hydrogen-bond acceptors (Lipinski definition) is 2. The van der Waals surface area contributed by atoms with Crippen molar-refractivity contribution in [2.45, 2.75) is 20.3 Å². The second kappa shape index (κ2) is 4.40. The van der Waals surface area contributed by atoms with Crippen molar-refractivity contribution in [1.29, 1.82) is 5.26 Å². The van der Waals surface area contributed by atoms with Gasteiger partial charge in [-0.2, -0.15) is 5.26 Å². The number of benzene rings is 1. The van der Waals surface area contributed by atoms with E-state index in [-0.39, 0.29) is 0 Å². The number of nitriles is 1. The average Bonchev–Trinajstić information content (AvgIpc) is 2.30. The Kier molecular flexibility index (Phi) is 2.96. The third-order valence-corrected chi connectivity index (χ3v) is 3.13. The van der Waals surface area contributed by atoms with Crippen LogP contribution in [0.15, 0.2) is 29.8 Å². The van der Waals surface area contributed by atoms with E-state index in [2.05, 4.69) is 30.0 Å². The highest BCUT2D eigenvalue weighted by Crippen LogP contribution is 2.22. The molecule has 2 heteroatoms. The lowest BCUT2D eigenvalue weighted by Crippen LogP contribution is -2.28. The van der Waals surface area contributed by atoms with Crippen LogP contribution in [0.3, 0.4) is 0 Å². The van der Waals surface area contributed by atoms with Gasteiger partial charge < -0.3 is 4.90 Å². The Hall–Kier alpha value is -1.75. The summed E-state index contributed by atoms with van der Waals surface area (Å²) in [6.07, 6.45) is 3.41. The van der Waals surface area contributed by atoms with Crippen molar-refractivity contribution in [2.24, 2.45) is 0 Å². The van der Waals surface area contributed by atoms with Gasteiger partial charge in [-0.05, 0) is 44.0 Å². The van der Waals surface area contributed by atoms with Crippen molar-refractivity contribution in [3.8, 4) is 6.07 Å². The Morgan fingerprint density at radius 3 is 2.69 bits per heavy atom. The van der Waals surface area contributed by atoms with Gasteiger partial charge in [0.05, 0.1) is 11.6 Å². The number of hydrogen-bond donors (Lipinski definition) is 0.